The van der Waals surface area contributed by atoms with E-state index in [0.29, 0.717) is 21.6 Å². The maximum Gasteiger partial charge on any atom is 0.247 e. The van der Waals surface area contributed by atoms with Crippen molar-refractivity contribution in [3.63, 3.8) is 0 Å². The van der Waals surface area contributed by atoms with E-state index in [1.54, 1.807) is 18.2 Å². The number of carbonyl (C=O) groups excluding carboxylic acids is 2. The summed E-state index contributed by atoms with van der Waals surface area (Å²) in [5, 5.41) is 6.54. The van der Waals surface area contributed by atoms with Crippen LogP contribution in [-0.4, -0.2) is 29.3 Å². The van der Waals surface area contributed by atoms with Crippen LogP contribution in [0.1, 0.15) is 6.42 Å². The lowest BCUT2D eigenvalue weighted by molar-refractivity contribution is -0.121. The number of thiocarbonyl (C=S) groups is 1. The highest BCUT2D eigenvalue weighted by molar-refractivity contribution is 8.00. The molecule has 2 amide bonds. The van der Waals surface area contributed by atoms with E-state index < -0.39 is 5.25 Å². The topological polar surface area (TPSA) is 70.7 Å². The Morgan fingerprint density at radius 1 is 1.03 bits per heavy atom. The average Bonchev–Trinajstić information content (AvgIpc) is 3.07. The summed E-state index contributed by atoms with van der Waals surface area (Å²) in [6.07, 6.45) is 0.110. The van der Waals surface area contributed by atoms with Crippen LogP contribution in [0.3, 0.4) is 0 Å². The van der Waals surface area contributed by atoms with Crippen LogP contribution in [0.15, 0.2) is 77.7 Å². The molecular weight excluding hydrogens is 478 g/mol. The van der Waals surface area contributed by atoms with Gasteiger partial charge in [-0.05, 0) is 60.7 Å². The lowest BCUT2D eigenvalue weighted by Gasteiger charge is -2.16. The van der Waals surface area contributed by atoms with Crippen LogP contribution < -0.4 is 20.3 Å². The molecule has 6 nitrogen and oxygen atoms in total. The Bertz CT molecular complexity index is 1210. The summed E-state index contributed by atoms with van der Waals surface area (Å²) in [5.41, 5.74) is 2.10. The minimum Gasteiger partial charge on any atom is -0.495 e. The molecule has 3 aromatic rings. The zero-order valence-electron chi connectivity index (χ0n) is 17.6. The molecule has 0 spiro atoms. The largest absolute Gasteiger partial charge is 0.495 e. The number of ether oxygens (including phenoxy) is 1. The van der Waals surface area contributed by atoms with Gasteiger partial charge in [-0.1, -0.05) is 35.9 Å². The standard InChI is InChI=1S/C24H20ClN3O3S2/c1-31-20-11-10-17(13-19(20)25)28-22(29)14-21(23(28)30)33-18-9-5-8-16(12-18)27-24(32)26-15-6-3-2-4-7-15/h2-13,21H,14H2,1H3,(H2,26,27,32)/t21-/m1/s1. The molecule has 0 saturated carbocycles. The third kappa shape index (κ3) is 5.47. The number of nitrogens with one attached hydrogen (secondary N) is 2. The molecule has 1 heterocycles. The lowest BCUT2D eigenvalue weighted by atomic mass is 10.3. The highest BCUT2D eigenvalue weighted by Crippen LogP contribution is 2.37. The number of rotatable bonds is 6. The van der Waals surface area contributed by atoms with E-state index in [1.807, 2.05) is 54.6 Å². The third-order valence-corrected chi connectivity index (χ3v) is 6.58. The first-order valence-corrected chi connectivity index (χ1v) is 11.7. The number of methoxy groups -OCH3 is 1. The first-order valence-electron chi connectivity index (χ1n) is 10.0. The second-order valence-electron chi connectivity index (χ2n) is 7.17. The van der Waals surface area contributed by atoms with Gasteiger partial charge in [0.15, 0.2) is 5.11 Å². The van der Waals surface area contributed by atoms with Crippen LogP contribution in [0, 0.1) is 0 Å². The molecular formula is C24H20ClN3O3S2. The molecule has 168 valence electrons. The maximum absolute atomic E-state index is 13.0. The van der Waals surface area contributed by atoms with Gasteiger partial charge < -0.3 is 15.4 Å². The van der Waals surface area contributed by atoms with E-state index in [0.717, 1.165) is 16.3 Å². The number of para-hydroxylation sites is 1. The molecule has 4 rings (SSSR count). The van der Waals surface area contributed by atoms with Crippen molar-refractivity contribution in [2.24, 2.45) is 0 Å². The van der Waals surface area contributed by atoms with Crippen LogP contribution in [0.4, 0.5) is 17.1 Å². The molecule has 1 fully saturated rings. The van der Waals surface area contributed by atoms with Gasteiger partial charge in [0.25, 0.3) is 0 Å². The lowest BCUT2D eigenvalue weighted by Crippen LogP contribution is -2.31. The van der Waals surface area contributed by atoms with Gasteiger partial charge in [0.2, 0.25) is 11.8 Å². The summed E-state index contributed by atoms with van der Waals surface area (Å²) in [7, 11) is 1.51. The Morgan fingerprint density at radius 3 is 2.48 bits per heavy atom. The van der Waals surface area contributed by atoms with Crippen molar-refractivity contribution >= 4 is 69.6 Å². The minimum absolute atomic E-state index is 0.110. The number of benzene rings is 3. The van der Waals surface area contributed by atoms with Crippen molar-refractivity contribution in [1.82, 2.24) is 0 Å². The molecule has 0 radical (unpaired) electrons. The number of halogens is 1. The second kappa shape index (κ2) is 10.2. The smallest absolute Gasteiger partial charge is 0.247 e. The first kappa shape index (κ1) is 23.1. The van der Waals surface area contributed by atoms with Gasteiger partial charge in [-0.25, -0.2) is 4.90 Å². The molecule has 1 saturated heterocycles. The molecule has 0 bridgehead atoms. The summed E-state index contributed by atoms with van der Waals surface area (Å²) >= 11 is 12.9. The molecule has 2 N–H and O–H groups in total. The van der Waals surface area contributed by atoms with Gasteiger partial charge in [0.1, 0.15) is 5.75 Å². The summed E-state index contributed by atoms with van der Waals surface area (Å²) in [5.74, 6) is -0.0541. The zero-order chi connectivity index (χ0) is 23.4. The van der Waals surface area contributed by atoms with Gasteiger partial charge in [0, 0.05) is 22.7 Å². The molecule has 1 atom stereocenters. The van der Waals surface area contributed by atoms with Crippen molar-refractivity contribution in [2.45, 2.75) is 16.6 Å². The Kier molecular flexibility index (Phi) is 7.17. The average molecular weight is 498 g/mol. The molecule has 9 heteroatoms. The van der Waals surface area contributed by atoms with Crippen LogP contribution >= 0.6 is 35.6 Å². The Morgan fingerprint density at radius 2 is 1.76 bits per heavy atom. The Hall–Kier alpha value is -3.07. The van der Waals surface area contributed by atoms with E-state index in [-0.39, 0.29) is 18.2 Å². The molecule has 1 aliphatic rings. The van der Waals surface area contributed by atoms with Crippen molar-refractivity contribution < 1.29 is 14.3 Å². The van der Waals surface area contributed by atoms with Crippen molar-refractivity contribution in [2.75, 3.05) is 22.6 Å². The predicted molar refractivity (Wildman–Crippen MR) is 137 cm³/mol. The fourth-order valence-corrected chi connectivity index (χ4v) is 4.99. The van der Waals surface area contributed by atoms with Crippen molar-refractivity contribution in [3.05, 3.63) is 77.8 Å². The number of amides is 2. The third-order valence-electron chi connectivity index (χ3n) is 4.90. The second-order valence-corrected chi connectivity index (χ2v) is 9.26. The van der Waals surface area contributed by atoms with E-state index >= 15 is 0 Å². The Balaban J connectivity index is 1.43. The van der Waals surface area contributed by atoms with Gasteiger partial charge >= 0.3 is 0 Å². The number of carbonyl (C=O) groups is 2. The fraction of sp³-hybridized carbons (Fsp3) is 0.125. The molecule has 0 aliphatic carbocycles. The molecule has 0 unspecified atom stereocenters. The van der Waals surface area contributed by atoms with E-state index in [4.69, 9.17) is 28.6 Å². The molecule has 1 aliphatic heterocycles. The first-order chi connectivity index (χ1) is 15.9. The van der Waals surface area contributed by atoms with Gasteiger partial charge in [-0.2, -0.15) is 0 Å². The van der Waals surface area contributed by atoms with E-state index in [1.165, 1.54) is 23.8 Å². The van der Waals surface area contributed by atoms with Gasteiger partial charge in [0.05, 0.1) is 23.1 Å². The number of thioether (sulfide) groups is 1. The van der Waals surface area contributed by atoms with Gasteiger partial charge in [-0.15, -0.1) is 11.8 Å². The van der Waals surface area contributed by atoms with Crippen LogP contribution in [-0.2, 0) is 9.59 Å². The maximum atomic E-state index is 13.0. The summed E-state index contributed by atoms with van der Waals surface area (Å²) < 4.78 is 5.14. The van der Waals surface area contributed by atoms with Crippen LogP contribution in [0.2, 0.25) is 5.02 Å². The quantitative estimate of drug-likeness (QED) is 0.340. The Labute approximate surface area is 206 Å². The fourth-order valence-electron chi connectivity index (χ4n) is 3.39. The molecule has 33 heavy (non-hydrogen) atoms. The SMILES string of the molecule is COc1ccc(N2C(=O)C[C@@H](Sc3cccc(NC(=S)Nc4ccccc4)c3)C2=O)cc1Cl. The van der Waals surface area contributed by atoms with E-state index in [9.17, 15) is 9.59 Å². The highest BCUT2D eigenvalue weighted by Gasteiger charge is 2.40. The summed E-state index contributed by atoms with van der Waals surface area (Å²) in [4.78, 5) is 27.7. The monoisotopic (exact) mass is 497 g/mol. The summed E-state index contributed by atoms with van der Waals surface area (Å²) in [6, 6.07) is 22.0. The van der Waals surface area contributed by atoms with Crippen LogP contribution in [0.25, 0.3) is 0 Å². The minimum atomic E-state index is -0.525. The number of hydrogen-bond acceptors (Lipinski definition) is 5. The normalized spacial score (nSPS) is 15.5. The number of hydrogen-bond donors (Lipinski definition) is 2. The predicted octanol–water partition coefficient (Wildman–Crippen LogP) is 5.58. The highest BCUT2D eigenvalue weighted by atomic mass is 35.5. The molecule has 3 aromatic carbocycles. The molecule has 0 aromatic heterocycles. The summed E-state index contributed by atoms with van der Waals surface area (Å²) in [6.45, 7) is 0. The zero-order valence-corrected chi connectivity index (χ0v) is 20.0. The van der Waals surface area contributed by atoms with Crippen molar-refractivity contribution in [1.29, 1.82) is 0 Å². The van der Waals surface area contributed by atoms with Crippen molar-refractivity contribution in [3.8, 4) is 5.75 Å². The van der Waals surface area contributed by atoms with E-state index in [2.05, 4.69) is 10.6 Å². The number of anilines is 3. The number of imide groups is 1. The number of nitrogens with zero attached hydrogens (tertiary/aromatic N) is 1. The van der Waals surface area contributed by atoms with Crippen LogP contribution in [0.5, 0.6) is 5.75 Å². The van der Waals surface area contributed by atoms with Gasteiger partial charge in [-0.3, -0.25) is 9.59 Å².